The molecule has 1 amide bonds. The van der Waals surface area contributed by atoms with Crippen LogP contribution in [0.15, 0.2) is 26.9 Å². The average molecular weight is 347 g/mol. The molecule has 106 valence electrons. The first-order valence-corrected chi connectivity index (χ1v) is 8.84. The highest BCUT2D eigenvalue weighted by Gasteiger charge is 2.08. The molecule has 1 aromatic carbocycles. The number of aromatic nitrogens is 2. The summed E-state index contributed by atoms with van der Waals surface area (Å²) in [5.74, 6) is 0.142. The van der Waals surface area contributed by atoms with Gasteiger partial charge in [0.1, 0.15) is 0 Å². The third kappa shape index (κ3) is 4.27. The molecule has 0 saturated heterocycles. The number of anilines is 2. The number of nitrogens with one attached hydrogen (secondary N) is 1. The van der Waals surface area contributed by atoms with E-state index in [-0.39, 0.29) is 11.7 Å². The SMILES string of the molecule is CSc1nnc(SCC(=O)Nc2ccc(Cl)c(N)c2)s1. The quantitative estimate of drug-likeness (QED) is 0.639. The van der Waals surface area contributed by atoms with Gasteiger partial charge in [-0.3, -0.25) is 4.79 Å². The maximum atomic E-state index is 11.8. The number of hydrogen-bond donors (Lipinski definition) is 2. The molecule has 20 heavy (non-hydrogen) atoms. The summed E-state index contributed by atoms with van der Waals surface area (Å²) in [5.41, 5.74) is 6.73. The van der Waals surface area contributed by atoms with E-state index in [1.807, 2.05) is 6.26 Å². The Kier molecular flexibility index (Phi) is 5.53. The lowest BCUT2D eigenvalue weighted by Gasteiger charge is -2.05. The highest BCUT2D eigenvalue weighted by molar-refractivity contribution is 8.03. The van der Waals surface area contributed by atoms with E-state index in [4.69, 9.17) is 17.3 Å². The van der Waals surface area contributed by atoms with Gasteiger partial charge in [0, 0.05) is 5.69 Å². The molecule has 2 rings (SSSR count). The molecule has 0 fully saturated rings. The first kappa shape index (κ1) is 15.4. The zero-order valence-electron chi connectivity index (χ0n) is 10.4. The number of halogens is 1. The van der Waals surface area contributed by atoms with Crippen molar-refractivity contribution in [1.29, 1.82) is 0 Å². The first-order valence-electron chi connectivity index (χ1n) is 5.43. The van der Waals surface area contributed by atoms with Crippen LogP contribution >= 0.6 is 46.5 Å². The Balaban J connectivity index is 1.87. The molecule has 2 aromatic rings. The summed E-state index contributed by atoms with van der Waals surface area (Å²) in [4.78, 5) is 11.8. The number of rotatable bonds is 5. The van der Waals surface area contributed by atoms with Gasteiger partial charge in [-0.25, -0.2) is 0 Å². The predicted octanol–water partition coefficient (Wildman–Crippen LogP) is 3.23. The summed E-state index contributed by atoms with van der Waals surface area (Å²) in [6.07, 6.45) is 1.94. The fourth-order valence-electron chi connectivity index (χ4n) is 1.28. The van der Waals surface area contributed by atoms with Gasteiger partial charge in [0.15, 0.2) is 8.68 Å². The van der Waals surface area contributed by atoms with E-state index in [0.717, 1.165) is 8.68 Å². The van der Waals surface area contributed by atoms with E-state index in [1.165, 1.54) is 34.9 Å². The van der Waals surface area contributed by atoms with Gasteiger partial charge in [-0.2, -0.15) is 0 Å². The van der Waals surface area contributed by atoms with Crippen LogP contribution in [-0.4, -0.2) is 28.1 Å². The molecule has 0 spiro atoms. The lowest BCUT2D eigenvalue weighted by molar-refractivity contribution is -0.113. The van der Waals surface area contributed by atoms with Crippen molar-refractivity contribution in [2.75, 3.05) is 23.1 Å². The van der Waals surface area contributed by atoms with Crippen LogP contribution in [0, 0.1) is 0 Å². The predicted molar refractivity (Wildman–Crippen MR) is 86.9 cm³/mol. The summed E-state index contributed by atoms with van der Waals surface area (Å²) < 4.78 is 1.67. The van der Waals surface area contributed by atoms with Crippen LogP contribution in [-0.2, 0) is 4.79 Å². The zero-order chi connectivity index (χ0) is 14.5. The number of carbonyl (C=O) groups excluding carboxylic acids is 1. The van der Waals surface area contributed by atoms with E-state index < -0.39 is 0 Å². The Labute approximate surface area is 133 Å². The van der Waals surface area contributed by atoms with Gasteiger partial charge in [-0.05, 0) is 24.5 Å². The van der Waals surface area contributed by atoms with Crippen LogP contribution in [0.2, 0.25) is 5.02 Å². The fraction of sp³-hybridized carbons (Fsp3) is 0.182. The summed E-state index contributed by atoms with van der Waals surface area (Å²) in [7, 11) is 0. The van der Waals surface area contributed by atoms with Crippen molar-refractivity contribution in [3.63, 3.8) is 0 Å². The van der Waals surface area contributed by atoms with E-state index in [2.05, 4.69) is 15.5 Å². The zero-order valence-corrected chi connectivity index (χ0v) is 13.6. The monoisotopic (exact) mass is 346 g/mol. The second-order valence-electron chi connectivity index (χ2n) is 3.61. The number of nitrogens with two attached hydrogens (primary N) is 1. The van der Waals surface area contributed by atoms with Gasteiger partial charge < -0.3 is 11.1 Å². The van der Waals surface area contributed by atoms with Crippen molar-refractivity contribution in [3.05, 3.63) is 23.2 Å². The summed E-state index contributed by atoms with van der Waals surface area (Å²) in [5, 5.41) is 11.2. The third-order valence-corrected chi connectivity index (χ3v) is 5.55. The Morgan fingerprint density at radius 1 is 1.45 bits per heavy atom. The van der Waals surface area contributed by atoms with Crippen molar-refractivity contribution in [2.24, 2.45) is 0 Å². The Morgan fingerprint density at radius 3 is 2.85 bits per heavy atom. The maximum Gasteiger partial charge on any atom is 0.234 e. The second-order valence-corrected chi connectivity index (χ2v) is 7.27. The van der Waals surface area contributed by atoms with Gasteiger partial charge in [-0.15, -0.1) is 10.2 Å². The molecule has 0 unspecified atom stereocenters. The van der Waals surface area contributed by atoms with E-state index >= 15 is 0 Å². The summed E-state index contributed by atoms with van der Waals surface area (Å²) >= 11 is 10.2. The fourth-order valence-corrected chi connectivity index (χ4v) is 3.64. The number of carbonyl (C=O) groups is 1. The summed E-state index contributed by atoms with van der Waals surface area (Å²) in [6, 6.07) is 4.98. The molecule has 3 N–H and O–H groups in total. The number of nitrogen functional groups attached to an aromatic ring is 1. The van der Waals surface area contributed by atoms with E-state index in [0.29, 0.717) is 16.4 Å². The molecule has 0 aliphatic heterocycles. The highest BCUT2D eigenvalue weighted by atomic mass is 35.5. The van der Waals surface area contributed by atoms with Crippen LogP contribution in [0.5, 0.6) is 0 Å². The molecule has 0 bridgehead atoms. The van der Waals surface area contributed by atoms with Crippen molar-refractivity contribution in [2.45, 2.75) is 8.68 Å². The minimum absolute atomic E-state index is 0.127. The minimum atomic E-state index is -0.127. The smallest absolute Gasteiger partial charge is 0.234 e. The molecule has 0 atom stereocenters. The summed E-state index contributed by atoms with van der Waals surface area (Å²) in [6.45, 7) is 0. The third-order valence-electron chi connectivity index (χ3n) is 2.17. The van der Waals surface area contributed by atoms with Gasteiger partial charge in [-0.1, -0.05) is 46.5 Å². The maximum absolute atomic E-state index is 11.8. The Morgan fingerprint density at radius 2 is 2.20 bits per heavy atom. The normalized spacial score (nSPS) is 10.5. The molecular weight excluding hydrogens is 336 g/mol. The second kappa shape index (κ2) is 7.16. The molecule has 0 saturated carbocycles. The van der Waals surface area contributed by atoms with Crippen LogP contribution < -0.4 is 11.1 Å². The molecule has 1 heterocycles. The molecule has 9 heteroatoms. The number of hydrogen-bond acceptors (Lipinski definition) is 7. The van der Waals surface area contributed by atoms with Gasteiger partial charge in [0.25, 0.3) is 0 Å². The lowest BCUT2D eigenvalue weighted by atomic mass is 10.3. The topological polar surface area (TPSA) is 80.9 Å². The molecular formula is C11H11ClN4OS3. The molecule has 0 aliphatic rings. The molecule has 5 nitrogen and oxygen atoms in total. The van der Waals surface area contributed by atoms with Crippen molar-refractivity contribution >= 4 is 63.7 Å². The van der Waals surface area contributed by atoms with Gasteiger partial charge in [0.2, 0.25) is 5.91 Å². The Hall–Kier alpha value is -0.960. The molecule has 0 aliphatic carbocycles. The molecule has 1 aromatic heterocycles. The number of benzene rings is 1. The molecule has 0 radical (unpaired) electrons. The Bertz CT molecular complexity index is 619. The number of amides is 1. The first-order chi connectivity index (χ1) is 9.58. The van der Waals surface area contributed by atoms with Crippen molar-refractivity contribution in [1.82, 2.24) is 10.2 Å². The minimum Gasteiger partial charge on any atom is -0.397 e. The standard InChI is InChI=1S/C11H11ClN4OS3/c1-18-10-15-16-11(20-10)19-5-9(17)14-6-2-3-7(12)8(13)4-6/h2-4H,5,13H2,1H3,(H,14,17). The van der Waals surface area contributed by atoms with E-state index in [9.17, 15) is 4.79 Å². The van der Waals surface area contributed by atoms with Crippen LogP contribution in [0.25, 0.3) is 0 Å². The van der Waals surface area contributed by atoms with Gasteiger partial charge >= 0.3 is 0 Å². The van der Waals surface area contributed by atoms with Crippen molar-refractivity contribution < 1.29 is 4.79 Å². The van der Waals surface area contributed by atoms with E-state index in [1.54, 1.807) is 18.2 Å². The van der Waals surface area contributed by atoms with Crippen LogP contribution in [0.1, 0.15) is 0 Å². The van der Waals surface area contributed by atoms with Crippen LogP contribution in [0.4, 0.5) is 11.4 Å². The highest BCUT2D eigenvalue weighted by Crippen LogP contribution is 2.27. The largest absolute Gasteiger partial charge is 0.397 e. The van der Waals surface area contributed by atoms with Gasteiger partial charge in [0.05, 0.1) is 16.5 Å². The number of nitrogens with zero attached hydrogens (tertiary/aromatic N) is 2. The lowest BCUT2D eigenvalue weighted by Crippen LogP contribution is -2.14. The van der Waals surface area contributed by atoms with Crippen LogP contribution in [0.3, 0.4) is 0 Å². The van der Waals surface area contributed by atoms with Crippen molar-refractivity contribution in [3.8, 4) is 0 Å². The average Bonchev–Trinajstić information content (AvgIpc) is 2.89. The number of thioether (sulfide) groups is 2.